The first kappa shape index (κ1) is 5.63. The van der Waals surface area contributed by atoms with Gasteiger partial charge in [0, 0.05) is 25.7 Å². The van der Waals surface area contributed by atoms with Crippen LogP contribution in [0.4, 0.5) is 0 Å². The monoisotopic (exact) mass is 113 g/mol. The number of likely N-dealkylation sites (N-methyl/N-ethyl adjacent to an activating group) is 1. The van der Waals surface area contributed by atoms with Crippen molar-refractivity contribution in [2.45, 2.75) is 12.5 Å². The highest BCUT2D eigenvalue weighted by Gasteiger charge is 2.18. The van der Waals surface area contributed by atoms with Crippen molar-refractivity contribution in [2.75, 3.05) is 13.6 Å². The first-order valence-corrected chi connectivity index (χ1v) is 2.77. The van der Waals surface area contributed by atoms with Crippen LogP contribution in [-0.2, 0) is 0 Å². The van der Waals surface area contributed by atoms with E-state index in [0.29, 0.717) is 0 Å². The van der Waals surface area contributed by atoms with Gasteiger partial charge in [-0.15, -0.1) is 0 Å². The van der Waals surface area contributed by atoms with E-state index in [-0.39, 0.29) is 6.10 Å². The summed E-state index contributed by atoms with van der Waals surface area (Å²) in [7, 11) is 1.94. The van der Waals surface area contributed by atoms with Gasteiger partial charge in [-0.2, -0.15) is 0 Å². The lowest BCUT2D eigenvalue weighted by Crippen LogP contribution is -2.14. The second-order valence-corrected chi connectivity index (χ2v) is 2.30. The van der Waals surface area contributed by atoms with Gasteiger partial charge in [-0.25, -0.2) is 0 Å². The first-order valence-electron chi connectivity index (χ1n) is 2.77. The molecule has 0 aliphatic carbocycles. The fourth-order valence-electron chi connectivity index (χ4n) is 0.938. The van der Waals surface area contributed by atoms with Gasteiger partial charge < -0.3 is 10.0 Å². The van der Waals surface area contributed by atoms with Crippen molar-refractivity contribution in [3.63, 3.8) is 0 Å². The summed E-state index contributed by atoms with van der Waals surface area (Å²) in [4.78, 5) is 1.98. The van der Waals surface area contributed by atoms with Gasteiger partial charge in [-0.3, -0.25) is 0 Å². The summed E-state index contributed by atoms with van der Waals surface area (Å²) in [6.45, 7) is 4.50. The minimum absolute atomic E-state index is 0.174. The van der Waals surface area contributed by atoms with Crippen LogP contribution in [0.2, 0.25) is 0 Å². The van der Waals surface area contributed by atoms with Crippen LogP contribution in [0.15, 0.2) is 12.3 Å². The van der Waals surface area contributed by atoms with Crippen molar-refractivity contribution < 1.29 is 5.11 Å². The quantitative estimate of drug-likeness (QED) is 0.485. The van der Waals surface area contributed by atoms with Crippen molar-refractivity contribution in [2.24, 2.45) is 0 Å². The highest BCUT2D eigenvalue weighted by Crippen LogP contribution is 2.16. The molecule has 0 aromatic rings. The maximum Gasteiger partial charge on any atom is 0.0769 e. The van der Waals surface area contributed by atoms with Crippen LogP contribution < -0.4 is 0 Å². The Morgan fingerprint density at radius 3 is 2.62 bits per heavy atom. The van der Waals surface area contributed by atoms with E-state index in [4.69, 9.17) is 5.11 Å². The maximum atomic E-state index is 8.97. The number of rotatable bonds is 0. The molecular formula is C6H11NO. The van der Waals surface area contributed by atoms with Crippen molar-refractivity contribution in [1.82, 2.24) is 4.90 Å². The predicted molar refractivity (Wildman–Crippen MR) is 32.4 cm³/mol. The van der Waals surface area contributed by atoms with Crippen LogP contribution in [-0.4, -0.2) is 29.7 Å². The van der Waals surface area contributed by atoms with Gasteiger partial charge in [0.15, 0.2) is 0 Å². The Kier molecular flexibility index (Phi) is 1.26. The Labute approximate surface area is 49.4 Å². The third kappa shape index (κ3) is 0.842. The molecule has 1 atom stereocenters. The summed E-state index contributed by atoms with van der Waals surface area (Å²) in [6, 6.07) is 0. The Bertz CT molecular complexity index is 111. The van der Waals surface area contributed by atoms with Crippen LogP contribution >= 0.6 is 0 Å². The molecule has 2 heteroatoms. The smallest absolute Gasteiger partial charge is 0.0769 e. The third-order valence-corrected chi connectivity index (χ3v) is 1.50. The molecule has 0 amide bonds. The molecule has 0 radical (unpaired) electrons. The average Bonchev–Trinajstić information content (AvgIpc) is 1.85. The largest absolute Gasteiger partial charge is 0.391 e. The number of nitrogens with zero attached hydrogens (tertiary/aromatic N) is 1. The molecule has 0 unspecified atom stereocenters. The molecular weight excluding hydrogens is 102 g/mol. The molecule has 0 aromatic heterocycles. The van der Waals surface area contributed by atoms with Crippen molar-refractivity contribution in [1.29, 1.82) is 0 Å². The molecule has 0 saturated carbocycles. The zero-order chi connectivity index (χ0) is 6.15. The van der Waals surface area contributed by atoms with E-state index in [9.17, 15) is 0 Å². The number of β-amino-alcohol motifs (C(OH)–C–C–N with tert-alkyl or cyclic N) is 1. The number of aliphatic hydroxyl groups excluding tert-OH is 1. The lowest BCUT2D eigenvalue weighted by atomic mass is 10.3. The summed E-state index contributed by atoms with van der Waals surface area (Å²) in [5.74, 6) is 0. The van der Waals surface area contributed by atoms with Gasteiger partial charge in [0.2, 0.25) is 0 Å². The van der Waals surface area contributed by atoms with Crippen LogP contribution in [0.25, 0.3) is 0 Å². The molecule has 0 bridgehead atoms. The molecule has 1 N–H and O–H groups in total. The number of hydrogen-bond acceptors (Lipinski definition) is 2. The Balaban J connectivity index is 2.51. The summed E-state index contributed by atoms with van der Waals surface area (Å²) < 4.78 is 0. The molecule has 0 aromatic carbocycles. The molecule has 0 spiro atoms. The number of hydrogen-bond donors (Lipinski definition) is 1. The second-order valence-electron chi connectivity index (χ2n) is 2.30. The van der Waals surface area contributed by atoms with Gasteiger partial charge in [0.05, 0.1) is 6.10 Å². The second kappa shape index (κ2) is 1.78. The van der Waals surface area contributed by atoms with E-state index in [2.05, 4.69) is 6.58 Å². The fourth-order valence-corrected chi connectivity index (χ4v) is 0.938. The van der Waals surface area contributed by atoms with E-state index < -0.39 is 0 Å². The van der Waals surface area contributed by atoms with E-state index >= 15 is 0 Å². The molecule has 1 fully saturated rings. The minimum atomic E-state index is -0.174. The fraction of sp³-hybridized carbons (Fsp3) is 0.667. The van der Waals surface area contributed by atoms with Gasteiger partial charge in [-0.1, -0.05) is 6.58 Å². The van der Waals surface area contributed by atoms with E-state index in [1.807, 2.05) is 11.9 Å². The highest BCUT2D eigenvalue weighted by atomic mass is 16.3. The van der Waals surface area contributed by atoms with E-state index in [1.54, 1.807) is 0 Å². The molecule has 1 aliphatic heterocycles. The topological polar surface area (TPSA) is 23.5 Å². The van der Waals surface area contributed by atoms with Crippen molar-refractivity contribution >= 4 is 0 Å². The molecule has 46 valence electrons. The van der Waals surface area contributed by atoms with Crippen molar-refractivity contribution in [3.05, 3.63) is 12.3 Å². The van der Waals surface area contributed by atoms with E-state index in [1.165, 1.54) is 0 Å². The average molecular weight is 113 g/mol. The highest BCUT2D eigenvalue weighted by molar-refractivity contribution is 5.01. The lowest BCUT2D eigenvalue weighted by molar-refractivity contribution is 0.183. The Hall–Kier alpha value is -0.500. The molecule has 1 rings (SSSR count). The zero-order valence-electron chi connectivity index (χ0n) is 5.09. The van der Waals surface area contributed by atoms with Gasteiger partial charge in [0.25, 0.3) is 0 Å². The molecule has 2 nitrogen and oxygen atoms in total. The minimum Gasteiger partial charge on any atom is -0.391 e. The van der Waals surface area contributed by atoms with Crippen LogP contribution in [0.1, 0.15) is 6.42 Å². The molecule has 1 saturated heterocycles. The lowest BCUT2D eigenvalue weighted by Gasteiger charge is -2.08. The SMILES string of the molecule is C=C1C[C@@H](O)CN1C. The maximum absolute atomic E-state index is 8.97. The number of likely N-dealkylation sites (tertiary alicyclic amines) is 1. The van der Waals surface area contributed by atoms with Gasteiger partial charge in [0.1, 0.15) is 0 Å². The van der Waals surface area contributed by atoms with Crippen LogP contribution in [0.5, 0.6) is 0 Å². The van der Waals surface area contributed by atoms with Crippen LogP contribution in [0.3, 0.4) is 0 Å². The number of aliphatic hydroxyl groups is 1. The standard InChI is InChI=1S/C6H11NO/c1-5-3-6(8)4-7(5)2/h6,8H,1,3-4H2,2H3/t6-/m1/s1. The molecule has 1 aliphatic rings. The Morgan fingerprint density at radius 1 is 1.88 bits per heavy atom. The van der Waals surface area contributed by atoms with Crippen molar-refractivity contribution in [3.8, 4) is 0 Å². The van der Waals surface area contributed by atoms with E-state index in [0.717, 1.165) is 18.7 Å². The zero-order valence-corrected chi connectivity index (χ0v) is 5.09. The van der Waals surface area contributed by atoms with Gasteiger partial charge >= 0.3 is 0 Å². The normalized spacial score (nSPS) is 29.5. The summed E-state index contributed by atoms with van der Waals surface area (Å²) in [5.41, 5.74) is 1.04. The van der Waals surface area contributed by atoms with Gasteiger partial charge in [-0.05, 0) is 0 Å². The summed E-state index contributed by atoms with van der Waals surface area (Å²) in [6.07, 6.45) is 0.573. The summed E-state index contributed by atoms with van der Waals surface area (Å²) >= 11 is 0. The first-order chi connectivity index (χ1) is 3.70. The third-order valence-electron chi connectivity index (χ3n) is 1.50. The Morgan fingerprint density at radius 2 is 2.50 bits per heavy atom. The predicted octanol–water partition coefficient (Wildman–Crippen LogP) is 0.196. The molecule has 8 heavy (non-hydrogen) atoms. The summed E-state index contributed by atoms with van der Waals surface area (Å²) in [5, 5.41) is 8.97. The molecule has 1 heterocycles. The van der Waals surface area contributed by atoms with Crippen LogP contribution in [0, 0.1) is 0 Å².